The third kappa shape index (κ3) is 3.55. The van der Waals surface area contributed by atoms with E-state index in [9.17, 15) is 9.59 Å². The van der Waals surface area contributed by atoms with Crippen LogP contribution < -0.4 is 5.32 Å². The third-order valence-electron chi connectivity index (χ3n) is 2.60. The SMILES string of the molecule is O=C1C=C(c2ccccc2)C(=O)N1.Oc1ccccc1. The number of benzene rings is 2. The highest BCUT2D eigenvalue weighted by molar-refractivity contribution is 6.33. The van der Waals surface area contributed by atoms with E-state index < -0.39 is 0 Å². The van der Waals surface area contributed by atoms with E-state index in [0.717, 1.165) is 5.56 Å². The Morgan fingerprint density at radius 3 is 1.75 bits per heavy atom. The van der Waals surface area contributed by atoms with E-state index in [-0.39, 0.29) is 11.8 Å². The molecule has 4 heteroatoms. The summed E-state index contributed by atoms with van der Waals surface area (Å²) in [4.78, 5) is 22.0. The number of rotatable bonds is 1. The summed E-state index contributed by atoms with van der Waals surface area (Å²) in [5.41, 5.74) is 1.21. The third-order valence-corrected chi connectivity index (χ3v) is 2.60. The van der Waals surface area contributed by atoms with Gasteiger partial charge in [0.05, 0.1) is 5.57 Å². The summed E-state index contributed by atoms with van der Waals surface area (Å²) in [5.74, 6) is -0.345. The first-order valence-corrected chi connectivity index (χ1v) is 6.03. The van der Waals surface area contributed by atoms with Crippen LogP contribution in [-0.4, -0.2) is 16.9 Å². The summed E-state index contributed by atoms with van der Waals surface area (Å²) in [7, 11) is 0. The Morgan fingerprint density at radius 1 is 0.800 bits per heavy atom. The van der Waals surface area contributed by atoms with Gasteiger partial charge in [-0.15, -0.1) is 0 Å². The minimum absolute atomic E-state index is 0.322. The summed E-state index contributed by atoms with van der Waals surface area (Å²) < 4.78 is 0. The standard InChI is InChI=1S/C10H7NO2.C6H6O/c12-9-6-8(10(13)11-9)7-4-2-1-3-5-7;7-6-4-2-1-3-5-6/h1-6H,(H,11,12,13);1-5,7H. The molecule has 3 rings (SSSR count). The monoisotopic (exact) mass is 267 g/mol. The number of para-hydroxylation sites is 1. The number of hydrogen-bond acceptors (Lipinski definition) is 3. The number of phenols is 1. The molecule has 1 heterocycles. The van der Waals surface area contributed by atoms with Crippen LogP contribution in [0.3, 0.4) is 0 Å². The second-order valence-corrected chi connectivity index (χ2v) is 4.08. The minimum Gasteiger partial charge on any atom is -0.508 e. The largest absolute Gasteiger partial charge is 0.508 e. The number of aromatic hydroxyl groups is 1. The van der Waals surface area contributed by atoms with E-state index in [1.807, 2.05) is 24.3 Å². The van der Waals surface area contributed by atoms with E-state index in [0.29, 0.717) is 11.3 Å². The molecule has 0 aliphatic carbocycles. The summed E-state index contributed by atoms with van der Waals surface area (Å²) >= 11 is 0. The highest BCUT2D eigenvalue weighted by atomic mass is 16.3. The number of hydrogen-bond donors (Lipinski definition) is 2. The van der Waals surface area contributed by atoms with Crippen molar-refractivity contribution < 1.29 is 14.7 Å². The lowest BCUT2D eigenvalue weighted by molar-refractivity contribution is -0.123. The molecule has 100 valence electrons. The molecule has 2 aromatic carbocycles. The Labute approximate surface area is 116 Å². The number of imide groups is 1. The van der Waals surface area contributed by atoms with E-state index in [4.69, 9.17) is 5.11 Å². The van der Waals surface area contributed by atoms with E-state index in [1.54, 1.807) is 36.4 Å². The molecule has 1 aliphatic rings. The topological polar surface area (TPSA) is 66.4 Å². The maximum Gasteiger partial charge on any atom is 0.258 e. The smallest absolute Gasteiger partial charge is 0.258 e. The average molecular weight is 267 g/mol. The Bertz CT molecular complexity index is 633. The van der Waals surface area contributed by atoms with Crippen LogP contribution in [0.5, 0.6) is 5.75 Å². The van der Waals surface area contributed by atoms with Gasteiger partial charge in [-0.1, -0.05) is 48.5 Å². The van der Waals surface area contributed by atoms with Gasteiger partial charge in [-0.25, -0.2) is 0 Å². The molecule has 2 aromatic rings. The molecule has 0 unspecified atom stereocenters. The van der Waals surface area contributed by atoms with Crippen molar-refractivity contribution in [3.05, 3.63) is 72.3 Å². The molecule has 2 amide bonds. The fraction of sp³-hybridized carbons (Fsp3) is 0. The molecule has 0 aromatic heterocycles. The maximum absolute atomic E-state index is 11.2. The van der Waals surface area contributed by atoms with Crippen molar-refractivity contribution in [2.24, 2.45) is 0 Å². The van der Waals surface area contributed by atoms with E-state index in [1.165, 1.54) is 6.08 Å². The van der Waals surface area contributed by atoms with Crippen LogP contribution in [0.25, 0.3) is 5.57 Å². The Balaban J connectivity index is 0.000000178. The Hall–Kier alpha value is -2.88. The first-order chi connectivity index (χ1) is 9.66. The highest BCUT2D eigenvalue weighted by Crippen LogP contribution is 2.16. The number of nitrogens with one attached hydrogen (secondary N) is 1. The highest BCUT2D eigenvalue weighted by Gasteiger charge is 2.21. The molecule has 4 nitrogen and oxygen atoms in total. The van der Waals surface area contributed by atoms with Crippen LogP contribution in [0.15, 0.2) is 66.7 Å². The van der Waals surface area contributed by atoms with Crippen LogP contribution in [0.2, 0.25) is 0 Å². The first-order valence-electron chi connectivity index (χ1n) is 6.03. The maximum atomic E-state index is 11.2. The van der Waals surface area contributed by atoms with E-state index >= 15 is 0 Å². The fourth-order valence-electron chi connectivity index (χ4n) is 1.67. The number of carbonyl (C=O) groups excluding carboxylic acids is 2. The lowest BCUT2D eigenvalue weighted by atomic mass is 10.1. The molecule has 0 atom stereocenters. The fourth-order valence-corrected chi connectivity index (χ4v) is 1.67. The van der Waals surface area contributed by atoms with Gasteiger partial charge in [-0.2, -0.15) is 0 Å². The van der Waals surface area contributed by atoms with Gasteiger partial charge in [-0.05, 0) is 17.7 Å². The molecule has 2 N–H and O–H groups in total. The first kappa shape index (κ1) is 13.5. The van der Waals surface area contributed by atoms with Crippen molar-refractivity contribution in [1.29, 1.82) is 0 Å². The summed E-state index contributed by atoms with van der Waals surface area (Å²) in [6.07, 6.45) is 1.32. The molecular weight excluding hydrogens is 254 g/mol. The van der Waals surface area contributed by atoms with Gasteiger partial charge >= 0.3 is 0 Å². The van der Waals surface area contributed by atoms with Crippen molar-refractivity contribution in [1.82, 2.24) is 5.32 Å². The van der Waals surface area contributed by atoms with Crippen LogP contribution in [-0.2, 0) is 9.59 Å². The molecule has 20 heavy (non-hydrogen) atoms. The molecule has 0 fully saturated rings. The quantitative estimate of drug-likeness (QED) is 0.778. The molecule has 0 saturated heterocycles. The average Bonchev–Trinajstić information content (AvgIpc) is 2.80. The normalized spacial score (nSPS) is 13.1. The van der Waals surface area contributed by atoms with Crippen molar-refractivity contribution in [3.8, 4) is 5.75 Å². The molecule has 0 radical (unpaired) electrons. The predicted molar refractivity (Wildman–Crippen MR) is 75.7 cm³/mol. The molecule has 0 saturated carbocycles. The second-order valence-electron chi connectivity index (χ2n) is 4.08. The Morgan fingerprint density at radius 2 is 1.35 bits per heavy atom. The van der Waals surface area contributed by atoms with Gasteiger partial charge in [-0.3, -0.25) is 14.9 Å². The molecule has 0 spiro atoms. The predicted octanol–water partition coefficient (Wildman–Crippen LogP) is 2.12. The molecular formula is C16H13NO3. The number of carbonyl (C=O) groups is 2. The minimum atomic E-state index is -0.344. The summed E-state index contributed by atoms with van der Waals surface area (Å²) in [5, 5.41) is 10.8. The lowest BCUT2D eigenvalue weighted by Gasteiger charge is -1.97. The van der Waals surface area contributed by atoms with Crippen molar-refractivity contribution in [3.63, 3.8) is 0 Å². The van der Waals surface area contributed by atoms with E-state index in [2.05, 4.69) is 5.32 Å². The van der Waals surface area contributed by atoms with Gasteiger partial charge in [0.15, 0.2) is 0 Å². The number of phenolic OH excluding ortho intramolecular Hbond substituents is 1. The Kier molecular flexibility index (Phi) is 4.29. The summed E-state index contributed by atoms with van der Waals surface area (Å²) in [6.45, 7) is 0. The van der Waals surface area contributed by atoms with Crippen molar-refractivity contribution in [2.75, 3.05) is 0 Å². The van der Waals surface area contributed by atoms with Crippen LogP contribution in [0, 0.1) is 0 Å². The van der Waals surface area contributed by atoms with Crippen molar-refractivity contribution in [2.45, 2.75) is 0 Å². The van der Waals surface area contributed by atoms with Crippen LogP contribution in [0.4, 0.5) is 0 Å². The van der Waals surface area contributed by atoms with Gasteiger partial charge in [0.1, 0.15) is 5.75 Å². The lowest BCUT2D eigenvalue weighted by Crippen LogP contribution is -2.21. The zero-order chi connectivity index (χ0) is 14.4. The zero-order valence-corrected chi connectivity index (χ0v) is 10.6. The van der Waals surface area contributed by atoms with Gasteiger partial charge < -0.3 is 5.11 Å². The molecule has 0 bridgehead atoms. The number of amides is 2. The van der Waals surface area contributed by atoms with Crippen molar-refractivity contribution >= 4 is 17.4 Å². The second kappa shape index (κ2) is 6.33. The van der Waals surface area contributed by atoms with Gasteiger partial charge in [0.25, 0.3) is 11.8 Å². The van der Waals surface area contributed by atoms with Crippen LogP contribution >= 0.6 is 0 Å². The van der Waals surface area contributed by atoms with Gasteiger partial charge in [0, 0.05) is 6.08 Å². The summed E-state index contributed by atoms with van der Waals surface area (Å²) in [6, 6.07) is 17.8. The molecule has 1 aliphatic heterocycles. The zero-order valence-electron chi connectivity index (χ0n) is 10.6. The van der Waals surface area contributed by atoms with Gasteiger partial charge in [0.2, 0.25) is 0 Å². The van der Waals surface area contributed by atoms with Crippen LogP contribution in [0.1, 0.15) is 5.56 Å².